The summed E-state index contributed by atoms with van der Waals surface area (Å²) in [5, 5.41) is 0. The minimum atomic E-state index is 0.219. The zero-order valence-electron chi connectivity index (χ0n) is 19.8. The van der Waals surface area contributed by atoms with Crippen molar-refractivity contribution in [1.29, 1.82) is 0 Å². The highest BCUT2D eigenvalue weighted by molar-refractivity contribution is 5.84. The Morgan fingerprint density at radius 3 is 2.45 bits per heavy atom. The van der Waals surface area contributed by atoms with Crippen molar-refractivity contribution in [2.75, 3.05) is 0 Å². The van der Waals surface area contributed by atoms with Crippen LogP contribution in [0.2, 0.25) is 0 Å². The first-order chi connectivity index (χ1) is 13.7. The molecule has 0 heterocycles. The molecule has 4 aliphatic rings. The number of ketones is 1. The Labute approximate surface area is 179 Å². The lowest BCUT2D eigenvalue weighted by atomic mass is 9.45. The maximum atomic E-state index is 13.7. The minimum Gasteiger partial charge on any atom is -0.299 e. The molecule has 0 aromatic heterocycles. The standard InChI is InChI=1S/C28H44O/c1-18(2)19(3)10-11-20(4)23-14-15-24-22-13-12-21-9-7-8-16-27(21,5)26(22)25(29)17-28(23,24)6/h7-8,10-11,18-24,26H,9,12-17H2,1-6H3/b11-10+/t19-,20+,21-,22-,23+,24-,26+,27-,28+/m0/s1. The molecule has 1 nitrogen and oxygen atoms in total. The van der Waals surface area contributed by atoms with Crippen LogP contribution in [0.1, 0.15) is 86.5 Å². The quantitative estimate of drug-likeness (QED) is 0.450. The Morgan fingerprint density at radius 2 is 1.72 bits per heavy atom. The van der Waals surface area contributed by atoms with Crippen LogP contribution in [0.4, 0.5) is 0 Å². The normalized spacial score (nSPS) is 46.4. The maximum Gasteiger partial charge on any atom is 0.137 e. The molecule has 0 amide bonds. The lowest BCUT2D eigenvalue weighted by molar-refractivity contribution is -0.154. The van der Waals surface area contributed by atoms with Crippen molar-refractivity contribution < 1.29 is 4.79 Å². The van der Waals surface area contributed by atoms with E-state index in [0.717, 1.165) is 24.7 Å². The van der Waals surface area contributed by atoms with Gasteiger partial charge < -0.3 is 0 Å². The average Bonchev–Trinajstić information content (AvgIpc) is 3.01. The van der Waals surface area contributed by atoms with Crippen molar-refractivity contribution in [3.63, 3.8) is 0 Å². The molecule has 0 aliphatic heterocycles. The van der Waals surface area contributed by atoms with E-state index >= 15 is 0 Å². The van der Waals surface area contributed by atoms with Gasteiger partial charge in [-0.15, -0.1) is 0 Å². The zero-order chi connectivity index (χ0) is 21.0. The van der Waals surface area contributed by atoms with E-state index in [4.69, 9.17) is 0 Å². The zero-order valence-corrected chi connectivity index (χ0v) is 19.8. The van der Waals surface area contributed by atoms with Crippen LogP contribution < -0.4 is 0 Å². The third-order valence-electron chi connectivity index (χ3n) is 10.4. The van der Waals surface area contributed by atoms with Gasteiger partial charge in [0, 0.05) is 12.3 Å². The van der Waals surface area contributed by atoms with E-state index in [0.29, 0.717) is 41.3 Å². The smallest absolute Gasteiger partial charge is 0.137 e. The summed E-state index contributed by atoms with van der Waals surface area (Å²) >= 11 is 0. The maximum absolute atomic E-state index is 13.7. The van der Waals surface area contributed by atoms with E-state index in [9.17, 15) is 4.79 Å². The predicted octanol–water partition coefficient (Wildman–Crippen LogP) is 7.47. The highest BCUT2D eigenvalue weighted by Crippen LogP contribution is 2.66. The van der Waals surface area contributed by atoms with Crippen LogP contribution in [0.5, 0.6) is 0 Å². The number of Topliss-reactive ketones (excluding diaryl/α,β-unsaturated/α-hetero) is 1. The topological polar surface area (TPSA) is 17.1 Å². The Balaban J connectivity index is 1.57. The van der Waals surface area contributed by atoms with Crippen LogP contribution in [0.25, 0.3) is 0 Å². The lowest BCUT2D eigenvalue weighted by Crippen LogP contribution is -2.56. The summed E-state index contributed by atoms with van der Waals surface area (Å²) in [6, 6.07) is 0. The summed E-state index contributed by atoms with van der Waals surface area (Å²) in [4.78, 5) is 13.7. The Bertz CT molecular complexity index is 686. The number of fused-ring (bicyclic) bond motifs is 5. The molecular formula is C28H44O. The van der Waals surface area contributed by atoms with E-state index in [-0.39, 0.29) is 10.8 Å². The molecule has 3 saturated carbocycles. The fourth-order valence-corrected chi connectivity index (χ4v) is 8.27. The fourth-order valence-electron chi connectivity index (χ4n) is 8.27. The number of hydrogen-bond donors (Lipinski definition) is 0. The minimum absolute atomic E-state index is 0.219. The van der Waals surface area contributed by atoms with E-state index in [2.05, 4.69) is 65.8 Å². The van der Waals surface area contributed by atoms with Gasteiger partial charge in [-0.05, 0) is 90.8 Å². The predicted molar refractivity (Wildman–Crippen MR) is 122 cm³/mol. The van der Waals surface area contributed by atoms with E-state index in [1.165, 1.54) is 32.1 Å². The van der Waals surface area contributed by atoms with Crippen molar-refractivity contribution in [3.05, 3.63) is 24.3 Å². The van der Waals surface area contributed by atoms with Crippen LogP contribution in [-0.4, -0.2) is 5.78 Å². The average molecular weight is 397 g/mol. The van der Waals surface area contributed by atoms with Crippen molar-refractivity contribution in [1.82, 2.24) is 0 Å². The van der Waals surface area contributed by atoms with E-state index < -0.39 is 0 Å². The van der Waals surface area contributed by atoms with Crippen LogP contribution in [0.15, 0.2) is 24.3 Å². The van der Waals surface area contributed by atoms with Gasteiger partial charge in [0.15, 0.2) is 0 Å². The van der Waals surface area contributed by atoms with E-state index in [1.54, 1.807) is 0 Å². The van der Waals surface area contributed by atoms with Crippen LogP contribution in [-0.2, 0) is 4.79 Å². The van der Waals surface area contributed by atoms with Crippen LogP contribution >= 0.6 is 0 Å². The highest BCUT2D eigenvalue weighted by Gasteiger charge is 2.62. The van der Waals surface area contributed by atoms with Gasteiger partial charge in [0.05, 0.1) is 0 Å². The number of carbonyl (C=O) groups is 1. The third-order valence-corrected chi connectivity index (χ3v) is 10.4. The fraction of sp³-hybridized carbons (Fsp3) is 0.821. The van der Waals surface area contributed by atoms with Crippen molar-refractivity contribution in [3.8, 4) is 0 Å². The molecule has 0 saturated heterocycles. The molecule has 3 fully saturated rings. The van der Waals surface area contributed by atoms with Gasteiger partial charge in [-0.3, -0.25) is 4.79 Å². The van der Waals surface area contributed by atoms with Crippen molar-refractivity contribution in [2.24, 2.45) is 58.2 Å². The van der Waals surface area contributed by atoms with Crippen molar-refractivity contribution >= 4 is 5.78 Å². The second kappa shape index (κ2) is 7.69. The Morgan fingerprint density at radius 1 is 0.966 bits per heavy atom. The summed E-state index contributed by atoms with van der Waals surface area (Å²) < 4.78 is 0. The summed E-state index contributed by atoms with van der Waals surface area (Å²) in [6.45, 7) is 14.3. The molecule has 0 unspecified atom stereocenters. The van der Waals surface area contributed by atoms with Gasteiger partial charge >= 0.3 is 0 Å². The second-order valence-corrected chi connectivity index (χ2v) is 12.1. The molecule has 0 spiro atoms. The summed E-state index contributed by atoms with van der Waals surface area (Å²) in [6.07, 6.45) is 18.2. The molecule has 0 bridgehead atoms. The SMILES string of the molecule is CC(C)[C@@H](C)/C=C/[C@@H](C)[C@H]1CC[C@H]2[C@@H]3CC[C@@H]4CC=CC[C@]4(C)[C@H]3C(=O)C[C@]12C. The monoisotopic (exact) mass is 396 g/mol. The number of allylic oxidation sites excluding steroid dienone is 4. The van der Waals surface area contributed by atoms with Gasteiger partial charge in [-0.1, -0.05) is 65.8 Å². The molecule has 29 heavy (non-hydrogen) atoms. The molecule has 0 aromatic carbocycles. The molecule has 0 aromatic rings. The highest BCUT2D eigenvalue weighted by atomic mass is 16.1. The molecule has 0 N–H and O–H groups in total. The van der Waals surface area contributed by atoms with Gasteiger partial charge in [0.1, 0.15) is 5.78 Å². The summed E-state index contributed by atoms with van der Waals surface area (Å²) in [7, 11) is 0. The largest absolute Gasteiger partial charge is 0.299 e. The van der Waals surface area contributed by atoms with Gasteiger partial charge in [0.25, 0.3) is 0 Å². The molecule has 162 valence electrons. The van der Waals surface area contributed by atoms with Crippen molar-refractivity contribution in [2.45, 2.75) is 86.5 Å². The first-order valence-corrected chi connectivity index (χ1v) is 12.5. The Hall–Kier alpha value is -0.850. The molecule has 1 heteroatoms. The second-order valence-electron chi connectivity index (χ2n) is 12.1. The molecular weight excluding hydrogens is 352 g/mol. The van der Waals surface area contributed by atoms with Gasteiger partial charge in [-0.2, -0.15) is 0 Å². The number of carbonyl (C=O) groups excluding carboxylic acids is 1. The summed E-state index contributed by atoms with van der Waals surface area (Å²) in [5.74, 6) is 5.67. The lowest BCUT2D eigenvalue weighted by Gasteiger charge is -2.59. The first kappa shape index (κ1) is 21.4. The number of rotatable bonds is 4. The molecule has 4 aliphatic carbocycles. The third kappa shape index (κ3) is 3.39. The first-order valence-electron chi connectivity index (χ1n) is 12.5. The summed E-state index contributed by atoms with van der Waals surface area (Å²) in [5.41, 5.74) is 0.448. The van der Waals surface area contributed by atoms with E-state index in [1.807, 2.05) is 0 Å². The molecule has 9 atom stereocenters. The van der Waals surface area contributed by atoms with Gasteiger partial charge in [-0.25, -0.2) is 0 Å². The van der Waals surface area contributed by atoms with Crippen LogP contribution in [0, 0.1) is 58.2 Å². The molecule has 4 rings (SSSR count). The van der Waals surface area contributed by atoms with Crippen LogP contribution in [0.3, 0.4) is 0 Å². The number of hydrogen-bond acceptors (Lipinski definition) is 1. The molecule has 0 radical (unpaired) electrons. The van der Waals surface area contributed by atoms with Gasteiger partial charge in [0.2, 0.25) is 0 Å². The Kier molecular flexibility index (Phi) is 5.67.